The molecule has 9 heteroatoms. The summed E-state index contributed by atoms with van der Waals surface area (Å²) in [5.74, 6) is 0.457. The number of fused-ring (bicyclic) bond motifs is 4. The van der Waals surface area contributed by atoms with E-state index >= 15 is 0 Å². The van der Waals surface area contributed by atoms with Crippen LogP contribution >= 0.6 is 15.9 Å². The fourth-order valence-electron chi connectivity index (χ4n) is 4.56. The number of nitrogens with zero attached hydrogens (tertiary/aromatic N) is 2. The fourth-order valence-corrected chi connectivity index (χ4v) is 5.03. The van der Waals surface area contributed by atoms with Crippen molar-refractivity contribution in [2.75, 3.05) is 12.1 Å². The van der Waals surface area contributed by atoms with Gasteiger partial charge in [0.05, 0.1) is 16.9 Å². The Morgan fingerprint density at radius 3 is 2.66 bits per heavy atom. The number of aryl methyl sites for hydroxylation is 1. The number of primary amides is 1. The summed E-state index contributed by atoms with van der Waals surface area (Å²) in [7, 11) is 0. The van der Waals surface area contributed by atoms with Crippen LogP contribution in [0.25, 0.3) is 16.9 Å². The molecule has 0 radical (unpaired) electrons. The van der Waals surface area contributed by atoms with Gasteiger partial charge in [0.1, 0.15) is 0 Å². The third kappa shape index (κ3) is 3.64. The SMILES string of the molecule is NC(=O)c1nn(-c2ccc3c(c2)OCO3)c2c1CCc1ccc(NC(=O)c3ccccc3Br)cc1-2. The fraction of sp³-hybridized carbons (Fsp3) is 0.115. The van der Waals surface area contributed by atoms with Gasteiger partial charge in [0.15, 0.2) is 17.2 Å². The Morgan fingerprint density at radius 2 is 1.83 bits per heavy atom. The summed E-state index contributed by atoms with van der Waals surface area (Å²) in [6.45, 7) is 0.159. The highest BCUT2D eigenvalue weighted by Crippen LogP contribution is 2.40. The first-order valence-electron chi connectivity index (χ1n) is 11.0. The quantitative estimate of drug-likeness (QED) is 0.404. The molecule has 0 unspecified atom stereocenters. The van der Waals surface area contributed by atoms with Crippen LogP contribution in [0.4, 0.5) is 5.69 Å². The zero-order valence-corrected chi connectivity index (χ0v) is 20.0. The Kier molecular flexibility index (Phi) is 5.07. The van der Waals surface area contributed by atoms with Gasteiger partial charge in [0.2, 0.25) is 6.79 Å². The number of nitrogens with two attached hydrogens (primary N) is 1. The van der Waals surface area contributed by atoms with Crippen LogP contribution in [0.15, 0.2) is 65.1 Å². The lowest BCUT2D eigenvalue weighted by Crippen LogP contribution is -2.15. The van der Waals surface area contributed by atoms with Crippen LogP contribution in [0.2, 0.25) is 0 Å². The van der Waals surface area contributed by atoms with Crippen molar-refractivity contribution < 1.29 is 19.1 Å². The standard InChI is InChI=1S/C26H19BrN4O4/c27-20-4-2-1-3-17(20)26(33)29-15-7-5-14-6-9-18-23(25(28)32)30-31(24(18)19(14)11-15)16-8-10-21-22(12-16)35-13-34-21/h1-5,7-8,10-12H,6,9,13H2,(H2,28,32)(H,29,33). The molecule has 2 aliphatic rings. The predicted octanol–water partition coefficient (Wildman–Crippen LogP) is 4.48. The van der Waals surface area contributed by atoms with Crippen molar-refractivity contribution in [3.63, 3.8) is 0 Å². The van der Waals surface area contributed by atoms with Gasteiger partial charge in [-0.1, -0.05) is 18.2 Å². The van der Waals surface area contributed by atoms with Crippen molar-refractivity contribution in [2.24, 2.45) is 5.73 Å². The minimum absolute atomic E-state index is 0.159. The van der Waals surface area contributed by atoms with Crippen LogP contribution in [0.1, 0.15) is 32.0 Å². The monoisotopic (exact) mass is 530 g/mol. The maximum Gasteiger partial charge on any atom is 0.269 e. The van der Waals surface area contributed by atoms with E-state index in [-0.39, 0.29) is 18.4 Å². The van der Waals surface area contributed by atoms with Crippen LogP contribution in [0.3, 0.4) is 0 Å². The molecule has 0 spiro atoms. The first-order chi connectivity index (χ1) is 17.0. The Hall–Kier alpha value is -4.11. The third-order valence-corrected chi connectivity index (χ3v) is 6.89. The number of hydrogen-bond acceptors (Lipinski definition) is 5. The third-order valence-electron chi connectivity index (χ3n) is 6.20. The van der Waals surface area contributed by atoms with Crippen LogP contribution < -0.4 is 20.5 Å². The zero-order chi connectivity index (χ0) is 24.1. The molecule has 3 N–H and O–H groups in total. The maximum atomic E-state index is 12.9. The lowest BCUT2D eigenvalue weighted by Gasteiger charge is -2.20. The topological polar surface area (TPSA) is 108 Å². The van der Waals surface area contributed by atoms with Crippen LogP contribution in [-0.2, 0) is 12.8 Å². The van der Waals surface area contributed by atoms with Gasteiger partial charge in [-0.2, -0.15) is 5.10 Å². The number of nitrogens with one attached hydrogen (secondary N) is 1. The Labute approximate surface area is 208 Å². The summed E-state index contributed by atoms with van der Waals surface area (Å²) in [6.07, 6.45) is 1.36. The van der Waals surface area contributed by atoms with Crippen molar-refractivity contribution >= 4 is 33.4 Å². The molecule has 6 rings (SSSR count). The van der Waals surface area contributed by atoms with Crippen molar-refractivity contribution in [1.82, 2.24) is 9.78 Å². The number of aromatic nitrogens is 2. The molecule has 8 nitrogen and oxygen atoms in total. The van der Waals surface area contributed by atoms with Gasteiger partial charge in [-0.25, -0.2) is 4.68 Å². The molecule has 0 bridgehead atoms. The van der Waals surface area contributed by atoms with Gasteiger partial charge in [-0.15, -0.1) is 0 Å². The highest BCUT2D eigenvalue weighted by atomic mass is 79.9. The van der Waals surface area contributed by atoms with E-state index in [9.17, 15) is 9.59 Å². The van der Waals surface area contributed by atoms with Gasteiger partial charge in [0.25, 0.3) is 11.8 Å². The highest BCUT2D eigenvalue weighted by Gasteiger charge is 2.29. The van der Waals surface area contributed by atoms with Crippen molar-refractivity contribution in [2.45, 2.75) is 12.8 Å². The number of ether oxygens (including phenoxy) is 2. The molecule has 3 aromatic carbocycles. The number of carbonyl (C=O) groups excluding carboxylic acids is 2. The minimum atomic E-state index is -0.581. The summed E-state index contributed by atoms with van der Waals surface area (Å²) in [5, 5.41) is 7.56. The second-order valence-electron chi connectivity index (χ2n) is 8.30. The Balaban J connectivity index is 1.46. The first-order valence-corrected chi connectivity index (χ1v) is 11.8. The maximum absolute atomic E-state index is 12.9. The van der Waals surface area contributed by atoms with E-state index in [1.807, 2.05) is 54.6 Å². The number of benzene rings is 3. The smallest absolute Gasteiger partial charge is 0.269 e. The molecule has 0 saturated carbocycles. The molecule has 0 atom stereocenters. The number of hydrogen-bond donors (Lipinski definition) is 2. The Bertz CT molecular complexity index is 1530. The van der Waals surface area contributed by atoms with Gasteiger partial charge >= 0.3 is 0 Å². The average Bonchev–Trinajstić information content (AvgIpc) is 3.48. The van der Waals surface area contributed by atoms with Gasteiger partial charge in [-0.3, -0.25) is 9.59 Å². The van der Waals surface area contributed by atoms with Crippen molar-refractivity contribution in [1.29, 1.82) is 0 Å². The van der Waals surface area contributed by atoms with E-state index in [0.29, 0.717) is 39.3 Å². The summed E-state index contributed by atoms with van der Waals surface area (Å²) >= 11 is 3.43. The number of amides is 2. The molecule has 174 valence electrons. The largest absolute Gasteiger partial charge is 0.454 e. The van der Waals surface area contributed by atoms with E-state index in [2.05, 4.69) is 26.3 Å². The molecule has 1 aliphatic heterocycles. The molecule has 0 saturated heterocycles. The second kappa shape index (κ2) is 8.28. The number of anilines is 1. The number of rotatable bonds is 4. The van der Waals surface area contributed by atoms with Crippen LogP contribution in [0, 0.1) is 0 Å². The molecule has 35 heavy (non-hydrogen) atoms. The van der Waals surface area contributed by atoms with Gasteiger partial charge in [0, 0.05) is 27.4 Å². The summed E-state index contributed by atoms with van der Waals surface area (Å²) in [6, 6.07) is 18.5. The number of carbonyl (C=O) groups is 2. The first kappa shape index (κ1) is 21.4. The summed E-state index contributed by atoms with van der Waals surface area (Å²) in [4.78, 5) is 25.2. The van der Waals surface area contributed by atoms with E-state index in [4.69, 9.17) is 15.2 Å². The van der Waals surface area contributed by atoms with Crippen molar-refractivity contribution in [3.8, 4) is 28.4 Å². The highest BCUT2D eigenvalue weighted by molar-refractivity contribution is 9.10. The average molecular weight is 531 g/mol. The van der Waals surface area contributed by atoms with Crippen molar-refractivity contribution in [3.05, 3.63) is 87.5 Å². The summed E-state index contributed by atoms with van der Waals surface area (Å²) < 4.78 is 13.4. The molecule has 1 aliphatic carbocycles. The molecule has 1 aromatic heterocycles. The Morgan fingerprint density at radius 1 is 1.00 bits per heavy atom. The van der Waals surface area contributed by atoms with Crippen LogP contribution in [0.5, 0.6) is 11.5 Å². The lowest BCUT2D eigenvalue weighted by molar-refractivity contribution is 0.0992. The second-order valence-corrected chi connectivity index (χ2v) is 9.15. The normalized spacial score (nSPS) is 13.2. The van der Waals surface area contributed by atoms with E-state index in [1.165, 1.54) is 0 Å². The van der Waals surface area contributed by atoms with E-state index in [1.54, 1.807) is 10.7 Å². The van der Waals surface area contributed by atoms with Gasteiger partial charge in [-0.05, 0) is 70.7 Å². The van der Waals surface area contributed by atoms with Crippen LogP contribution in [-0.4, -0.2) is 28.4 Å². The lowest BCUT2D eigenvalue weighted by atomic mass is 9.88. The molecule has 4 aromatic rings. The molecular formula is C26H19BrN4O4. The number of halogens is 1. The molecule has 2 heterocycles. The molecule has 2 amide bonds. The molecule has 0 fully saturated rings. The van der Waals surface area contributed by atoms with E-state index < -0.39 is 5.91 Å². The summed E-state index contributed by atoms with van der Waals surface area (Å²) in [5.41, 5.74) is 11.4. The minimum Gasteiger partial charge on any atom is -0.454 e. The predicted molar refractivity (Wildman–Crippen MR) is 133 cm³/mol. The zero-order valence-electron chi connectivity index (χ0n) is 18.4. The van der Waals surface area contributed by atoms with Gasteiger partial charge < -0.3 is 20.5 Å². The molecular weight excluding hydrogens is 512 g/mol. The van der Waals surface area contributed by atoms with E-state index in [0.717, 1.165) is 28.8 Å².